The van der Waals surface area contributed by atoms with Gasteiger partial charge in [0.05, 0.1) is 32.2 Å². The molecule has 0 spiro atoms. The molecule has 13 heavy (non-hydrogen) atoms. The molecule has 0 saturated heterocycles. The molecule has 0 N–H and O–H groups in total. The monoisotopic (exact) mass is 206 g/mol. The smallest absolute Gasteiger partial charge is 0.0757 e. The molecule has 3 heteroatoms. The number of hydrogen-bond donors (Lipinski definition) is 0. The highest BCUT2D eigenvalue weighted by Crippen LogP contribution is 2.03. The molecule has 0 atom stereocenters. The molecule has 0 saturated carbocycles. The van der Waals surface area contributed by atoms with Gasteiger partial charge in [0.2, 0.25) is 0 Å². The van der Waals surface area contributed by atoms with Gasteiger partial charge in [-0.25, -0.2) is 0 Å². The van der Waals surface area contributed by atoms with Crippen LogP contribution in [0, 0.1) is 11.3 Å². The van der Waals surface area contributed by atoms with Crippen LogP contribution < -0.4 is 12.4 Å². The highest BCUT2D eigenvalue weighted by Gasteiger charge is 2.16. The summed E-state index contributed by atoms with van der Waals surface area (Å²) < 4.78 is 1.28. The van der Waals surface area contributed by atoms with Gasteiger partial charge in [0.25, 0.3) is 0 Å². The number of quaternary nitrogens is 1. The van der Waals surface area contributed by atoms with Crippen molar-refractivity contribution in [3.8, 4) is 6.07 Å². The molecule has 0 aliphatic rings. The average Bonchev–Trinajstić information content (AvgIpc) is 2.11. The summed E-state index contributed by atoms with van der Waals surface area (Å²) in [6.45, 7) is 15.7. The Balaban J connectivity index is -0.000000220. The Bertz CT molecular complexity index is 108. The molecular weight excluding hydrogens is 184 g/mol. The first-order valence-corrected chi connectivity index (χ1v) is 4.82. The highest BCUT2D eigenvalue weighted by molar-refractivity contribution is 4.51. The van der Waals surface area contributed by atoms with Crippen molar-refractivity contribution >= 4 is 0 Å². The maximum Gasteiger partial charge on any atom is 0.0757 e. The van der Waals surface area contributed by atoms with E-state index >= 15 is 0 Å². The Morgan fingerprint density at radius 3 is 1.08 bits per heavy atom. The zero-order valence-electron chi connectivity index (χ0n) is 9.60. The minimum Gasteiger partial charge on any atom is -1.00 e. The van der Waals surface area contributed by atoms with Crippen molar-refractivity contribution in [3.63, 3.8) is 0 Å². The lowest BCUT2D eigenvalue weighted by atomic mass is 10.3. The van der Waals surface area contributed by atoms with Crippen LogP contribution in [0.3, 0.4) is 0 Å². The fourth-order valence-electron chi connectivity index (χ4n) is 1.34. The van der Waals surface area contributed by atoms with Crippen LogP contribution >= 0.6 is 0 Å². The first-order chi connectivity index (χ1) is 5.66. The zero-order chi connectivity index (χ0) is 10.0. The Morgan fingerprint density at radius 2 is 1.08 bits per heavy atom. The van der Waals surface area contributed by atoms with Gasteiger partial charge in [-0.2, -0.15) is 5.26 Å². The van der Waals surface area contributed by atoms with Crippen LogP contribution in [0.4, 0.5) is 0 Å². The van der Waals surface area contributed by atoms with Crippen LogP contribution in [0.25, 0.3) is 0 Å². The van der Waals surface area contributed by atoms with E-state index in [1.165, 1.54) is 37.6 Å². The topological polar surface area (TPSA) is 23.8 Å². The van der Waals surface area contributed by atoms with E-state index in [-0.39, 0.29) is 12.4 Å². The second-order valence-electron chi connectivity index (χ2n) is 2.83. The quantitative estimate of drug-likeness (QED) is 0.565. The van der Waals surface area contributed by atoms with Crippen LogP contribution in [0.2, 0.25) is 0 Å². The summed E-state index contributed by atoms with van der Waals surface area (Å²) in [4.78, 5) is 0. The molecule has 0 bridgehead atoms. The van der Waals surface area contributed by atoms with Gasteiger partial charge < -0.3 is 16.9 Å². The second kappa shape index (κ2) is 11.7. The molecule has 0 aliphatic heterocycles. The fraction of sp³-hybridized carbons (Fsp3) is 0.900. The first kappa shape index (κ1) is 18.5. The van der Waals surface area contributed by atoms with Crippen molar-refractivity contribution in [1.82, 2.24) is 0 Å². The van der Waals surface area contributed by atoms with Gasteiger partial charge in [-0.05, 0) is 27.7 Å². The zero-order valence-corrected chi connectivity index (χ0v) is 10.4. The average molecular weight is 207 g/mol. The minimum absolute atomic E-state index is 0. The van der Waals surface area contributed by atoms with Crippen LogP contribution in [0.15, 0.2) is 0 Å². The fourth-order valence-corrected chi connectivity index (χ4v) is 1.34. The molecule has 0 heterocycles. The number of nitrogens with zero attached hydrogens (tertiary/aromatic N) is 2. The minimum atomic E-state index is 0. The number of halogens is 1. The molecule has 0 aromatic carbocycles. The third kappa shape index (κ3) is 8.08. The molecule has 0 fully saturated rings. The predicted molar refractivity (Wildman–Crippen MR) is 53.7 cm³/mol. The molecule has 0 aromatic heterocycles. The van der Waals surface area contributed by atoms with Crippen molar-refractivity contribution < 1.29 is 16.9 Å². The van der Waals surface area contributed by atoms with Gasteiger partial charge in [-0.15, -0.1) is 0 Å². The van der Waals surface area contributed by atoms with Crippen molar-refractivity contribution in [2.45, 2.75) is 34.6 Å². The first-order valence-electron chi connectivity index (χ1n) is 4.82. The van der Waals surface area contributed by atoms with Crippen LogP contribution in [-0.4, -0.2) is 30.7 Å². The maximum atomic E-state index is 7.32. The standard InChI is InChI=1S/C8H20N.C2H3N.ClH/c1-5-9(6-2,7-3)8-4;1-2-3;/h5-8H2,1-4H3;1H3;1H/q+1;;/p-1. The SMILES string of the molecule is CC#N.CC[N+](CC)(CC)CC.[Cl-]. The van der Waals surface area contributed by atoms with Gasteiger partial charge >= 0.3 is 0 Å². The van der Waals surface area contributed by atoms with E-state index in [9.17, 15) is 0 Å². The summed E-state index contributed by atoms with van der Waals surface area (Å²) in [7, 11) is 0. The molecule has 0 aromatic rings. The summed E-state index contributed by atoms with van der Waals surface area (Å²) in [5.41, 5.74) is 0. The molecule has 0 radical (unpaired) electrons. The molecule has 80 valence electrons. The van der Waals surface area contributed by atoms with Gasteiger partial charge in [-0.3, -0.25) is 0 Å². The van der Waals surface area contributed by atoms with E-state index in [1.807, 2.05) is 0 Å². The van der Waals surface area contributed by atoms with Gasteiger partial charge in [0.1, 0.15) is 0 Å². The maximum absolute atomic E-state index is 7.32. The summed E-state index contributed by atoms with van der Waals surface area (Å²) in [6.07, 6.45) is 0. The summed E-state index contributed by atoms with van der Waals surface area (Å²) in [5, 5.41) is 7.32. The molecule has 0 amide bonds. The van der Waals surface area contributed by atoms with Crippen molar-refractivity contribution in [3.05, 3.63) is 0 Å². The Labute approximate surface area is 89.5 Å². The van der Waals surface area contributed by atoms with Gasteiger partial charge in [0, 0.05) is 6.92 Å². The third-order valence-corrected chi connectivity index (χ3v) is 2.68. The Morgan fingerprint density at radius 1 is 0.923 bits per heavy atom. The van der Waals surface area contributed by atoms with Crippen molar-refractivity contribution in [2.24, 2.45) is 0 Å². The van der Waals surface area contributed by atoms with Crippen molar-refractivity contribution in [1.29, 1.82) is 5.26 Å². The van der Waals surface area contributed by atoms with Crippen molar-refractivity contribution in [2.75, 3.05) is 26.2 Å². The second-order valence-corrected chi connectivity index (χ2v) is 2.83. The summed E-state index contributed by atoms with van der Waals surface area (Å²) in [5.74, 6) is 0. The van der Waals surface area contributed by atoms with E-state index < -0.39 is 0 Å². The van der Waals surface area contributed by atoms with Gasteiger partial charge in [0.15, 0.2) is 0 Å². The number of hydrogen-bond acceptors (Lipinski definition) is 1. The van der Waals surface area contributed by atoms with E-state index in [2.05, 4.69) is 27.7 Å². The van der Waals surface area contributed by atoms with E-state index in [4.69, 9.17) is 5.26 Å². The Hall–Kier alpha value is -0.260. The molecule has 0 aliphatic carbocycles. The van der Waals surface area contributed by atoms with Crippen LogP contribution in [0.1, 0.15) is 34.6 Å². The van der Waals surface area contributed by atoms with Crippen LogP contribution in [-0.2, 0) is 0 Å². The molecule has 0 unspecified atom stereocenters. The van der Waals surface area contributed by atoms with E-state index in [1.54, 1.807) is 6.07 Å². The number of rotatable bonds is 4. The predicted octanol–water partition coefficient (Wildman–Crippen LogP) is -0.583. The largest absolute Gasteiger partial charge is 1.00 e. The summed E-state index contributed by atoms with van der Waals surface area (Å²) in [6, 6.07) is 1.75. The lowest BCUT2D eigenvalue weighted by Gasteiger charge is -2.34. The van der Waals surface area contributed by atoms with E-state index in [0.717, 1.165) is 0 Å². The molecular formula is C10H23ClN2. The molecule has 2 nitrogen and oxygen atoms in total. The normalized spacial score (nSPS) is 8.92. The van der Waals surface area contributed by atoms with E-state index in [0.29, 0.717) is 0 Å². The Kier molecular flexibility index (Phi) is 16.7. The molecule has 0 rings (SSSR count). The van der Waals surface area contributed by atoms with Crippen LogP contribution in [0.5, 0.6) is 0 Å². The lowest BCUT2D eigenvalue weighted by molar-refractivity contribution is -0.921. The summed E-state index contributed by atoms with van der Waals surface area (Å²) >= 11 is 0. The lowest BCUT2D eigenvalue weighted by Crippen LogP contribution is -3.00. The highest BCUT2D eigenvalue weighted by atomic mass is 35.5. The van der Waals surface area contributed by atoms with Gasteiger partial charge in [-0.1, -0.05) is 0 Å². The number of nitriles is 1. The third-order valence-electron chi connectivity index (χ3n) is 2.68.